The Morgan fingerprint density at radius 3 is 1.96 bits per heavy atom. The molecule has 1 saturated carbocycles. The summed E-state index contributed by atoms with van der Waals surface area (Å²) in [6, 6.07) is 20.7. The van der Waals surface area contributed by atoms with Crippen LogP contribution < -0.4 is 10.4 Å². The van der Waals surface area contributed by atoms with E-state index in [0.29, 0.717) is 5.92 Å². The summed E-state index contributed by atoms with van der Waals surface area (Å²) in [6.45, 7) is 8.87. The summed E-state index contributed by atoms with van der Waals surface area (Å²) in [5.41, 5.74) is 1.39. The van der Waals surface area contributed by atoms with Gasteiger partial charge in [-0.25, -0.2) is 0 Å². The average molecular weight is 351 g/mol. The van der Waals surface area contributed by atoms with Gasteiger partial charge in [-0.2, -0.15) is 0 Å². The second kappa shape index (κ2) is 7.31. The van der Waals surface area contributed by atoms with Gasteiger partial charge in [-0.05, 0) is 47.0 Å². The topological polar surface area (TPSA) is 20.2 Å². The zero-order chi connectivity index (χ0) is 17.9. The summed E-state index contributed by atoms with van der Waals surface area (Å²) in [5.74, 6) is 0.537. The summed E-state index contributed by atoms with van der Waals surface area (Å²) in [6.07, 6.45) is 5.94. The highest BCUT2D eigenvalue weighted by Gasteiger charge is 2.50. The van der Waals surface area contributed by atoms with Gasteiger partial charge >= 0.3 is 0 Å². The Kier molecular flexibility index (Phi) is 5.31. The Balaban J connectivity index is 2.03. The van der Waals surface area contributed by atoms with Crippen molar-refractivity contribution in [1.29, 1.82) is 0 Å². The van der Waals surface area contributed by atoms with Gasteiger partial charge in [-0.1, -0.05) is 93.1 Å². The van der Waals surface area contributed by atoms with Crippen molar-refractivity contribution in [3.63, 3.8) is 0 Å². The summed E-state index contributed by atoms with van der Waals surface area (Å²) < 4.78 is 0. The highest BCUT2D eigenvalue weighted by atomic mass is 28.4. The van der Waals surface area contributed by atoms with E-state index in [9.17, 15) is 4.80 Å². The minimum Gasteiger partial charge on any atom is -0.424 e. The quantitative estimate of drug-likeness (QED) is 0.614. The lowest BCUT2D eigenvalue weighted by molar-refractivity contribution is 0.362. The second-order valence-electron chi connectivity index (χ2n) is 8.13. The van der Waals surface area contributed by atoms with Gasteiger partial charge in [0, 0.05) is 0 Å². The first kappa shape index (κ1) is 18.2. The highest BCUT2D eigenvalue weighted by molar-refractivity contribution is 6.98. The van der Waals surface area contributed by atoms with Gasteiger partial charge in [0.15, 0.2) is 0 Å². The molecule has 2 heteroatoms. The third kappa shape index (κ3) is 3.51. The number of hydrogen-bond acceptors (Lipinski definition) is 1. The standard InChI is InChI=1S/C23H30OSi/c1-19-12-10-11-13-20(19)18-23(2,3)25(24,21-14-6-4-7-15-21)22-16-8-5-9-17-22/h4-9,14-17,20,24H,1,10-13,18H2,2-3H3. The van der Waals surface area contributed by atoms with Crippen molar-refractivity contribution in [2.24, 2.45) is 5.92 Å². The maximum atomic E-state index is 12.2. The van der Waals surface area contributed by atoms with Gasteiger partial charge in [0.2, 0.25) is 0 Å². The molecule has 1 unspecified atom stereocenters. The van der Waals surface area contributed by atoms with Crippen LogP contribution in [-0.4, -0.2) is 13.1 Å². The molecule has 1 nitrogen and oxygen atoms in total. The van der Waals surface area contributed by atoms with E-state index < -0.39 is 8.32 Å². The Labute approximate surface area is 153 Å². The molecule has 0 amide bonds. The lowest BCUT2D eigenvalue weighted by Gasteiger charge is -2.44. The SMILES string of the molecule is C=C1CCCCC1CC(C)(C)[Si](O)(c1ccccc1)c1ccccc1. The number of rotatable bonds is 5. The molecule has 2 aromatic carbocycles. The minimum absolute atomic E-state index is 0.166. The van der Waals surface area contributed by atoms with E-state index in [2.05, 4.69) is 44.7 Å². The fraction of sp³-hybridized carbons (Fsp3) is 0.391. The monoisotopic (exact) mass is 350 g/mol. The summed E-state index contributed by atoms with van der Waals surface area (Å²) in [4.78, 5) is 12.2. The van der Waals surface area contributed by atoms with Crippen LogP contribution in [0.2, 0.25) is 5.04 Å². The first-order valence-corrected chi connectivity index (χ1v) is 11.4. The van der Waals surface area contributed by atoms with Crippen molar-refractivity contribution >= 4 is 18.7 Å². The van der Waals surface area contributed by atoms with Crippen LogP contribution in [-0.2, 0) is 0 Å². The molecule has 0 radical (unpaired) electrons. The molecular formula is C23H30OSi. The first-order chi connectivity index (χ1) is 11.9. The zero-order valence-corrected chi connectivity index (χ0v) is 16.5. The maximum Gasteiger partial charge on any atom is 0.258 e. The van der Waals surface area contributed by atoms with Crippen molar-refractivity contribution in [2.45, 2.75) is 51.0 Å². The van der Waals surface area contributed by atoms with E-state index in [1.165, 1.54) is 24.8 Å². The molecule has 0 aliphatic heterocycles. The number of allylic oxidation sites excluding steroid dienone is 1. The van der Waals surface area contributed by atoms with Gasteiger partial charge in [0.25, 0.3) is 8.32 Å². The first-order valence-electron chi connectivity index (χ1n) is 9.46. The highest BCUT2D eigenvalue weighted by Crippen LogP contribution is 2.45. The molecule has 3 rings (SSSR count). The van der Waals surface area contributed by atoms with Crippen molar-refractivity contribution in [1.82, 2.24) is 0 Å². The molecule has 0 saturated heterocycles. The van der Waals surface area contributed by atoms with E-state index in [1.807, 2.05) is 36.4 Å². The van der Waals surface area contributed by atoms with E-state index in [1.54, 1.807) is 0 Å². The molecular weight excluding hydrogens is 320 g/mol. The molecule has 1 fully saturated rings. The fourth-order valence-corrected chi connectivity index (χ4v) is 8.26. The summed E-state index contributed by atoms with van der Waals surface area (Å²) in [5, 5.41) is 2.04. The largest absolute Gasteiger partial charge is 0.424 e. The molecule has 0 spiro atoms. The average Bonchev–Trinajstić information content (AvgIpc) is 2.64. The summed E-state index contributed by atoms with van der Waals surface area (Å²) in [7, 11) is -2.88. The van der Waals surface area contributed by atoms with Crippen LogP contribution >= 0.6 is 0 Å². The molecule has 2 aromatic rings. The third-order valence-electron chi connectivity index (χ3n) is 6.00. The molecule has 1 atom stereocenters. The van der Waals surface area contributed by atoms with E-state index >= 15 is 0 Å². The van der Waals surface area contributed by atoms with Gasteiger partial charge in [0.05, 0.1) is 0 Å². The van der Waals surface area contributed by atoms with Crippen LogP contribution in [0.15, 0.2) is 72.8 Å². The zero-order valence-electron chi connectivity index (χ0n) is 15.5. The van der Waals surface area contributed by atoms with Crippen LogP contribution in [0.1, 0.15) is 46.0 Å². The van der Waals surface area contributed by atoms with Gasteiger partial charge < -0.3 is 4.80 Å². The third-order valence-corrected chi connectivity index (χ3v) is 10.5. The smallest absolute Gasteiger partial charge is 0.258 e. The Morgan fingerprint density at radius 1 is 0.960 bits per heavy atom. The maximum absolute atomic E-state index is 12.2. The normalized spacial score (nSPS) is 19.0. The number of hydrogen-bond donors (Lipinski definition) is 1. The molecule has 0 aromatic heterocycles. The van der Waals surface area contributed by atoms with Crippen molar-refractivity contribution in [2.75, 3.05) is 0 Å². The lowest BCUT2D eigenvalue weighted by atomic mass is 9.80. The predicted molar refractivity (Wildman–Crippen MR) is 110 cm³/mol. The molecule has 1 aliphatic rings. The Bertz CT molecular complexity index is 666. The summed E-state index contributed by atoms with van der Waals surface area (Å²) >= 11 is 0. The van der Waals surface area contributed by atoms with Crippen LogP contribution in [0.3, 0.4) is 0 Å². The van der Waals surface area contributed by atoms with Crippen molar-refractivity contribution in [3.05, 3.63) is 72.8 Å². The molecule has 1 N–H and O–H groups in total. The van der Waals surface area contributed by atoms with Crippen LogP contribution in [0.25, 0.3) is 0 Å². The van der Waals surface area contributed by atoms with Gasteiger partial charge in [-0.3, -0.25) is 0 Å². The van der Waals surface area contributed by atoms with Crippen molar-refractivity contribution < 1.29 is 4.80 Å². The predicted octanol–water partition coefficient (Wildman–Crippen LogP) is 4.66. The Hall–Kier alpha value is -1.64. The molecule has 1 aliphatic carbocycles. The Morgan fingerprint density at radius 2 is 1.48 bits per heavy atom. The van der Waals surface area contributed by atoms with E-state index in [-0.39, 0.29) is 5.04 Å². The van der Waals surface area contributed by atoms with Crippen LogP contribution in [0, 0.1) is 5.92 Å². The van der Waals surface area contributed by atoms with Crippen LogP contribution in [0.4, 0.5) is 0 Å². The molecule has 0 bridgehead atoms. The second-order valence-corrected chi connectivity index (χ2v) is 12.1. The molecule has 132 valence electrons. The molecule has 25 heavy (non-hydrogen) atoms. The van der Waals surface area contributed by atoms with E-state index in [4.69, 9.17) is 0 Å². The van der Waals surface area contributed by atoms with Crippen molar-refractivity contribution in [3.8, 4) is 0 Å². The minimum atomic E-state index is -2.88. The van der Waals surface area contributed by atoms with Crippen LogP contribution in [0.5, 0.6) is 0 Å². The fourth-order valence-electron chi connectivity index (χ4n) is 4.47. The van der Waals surface area contributed by atoms with Gasteiger partial charge in [-0.15, -0.1) is 0 Å². The number of benzene rings is 2. The van der Waals surface area contributed by atoms with E-state index in [0.717, 1.165) is 23.2 Å². The molecule has 0 heterocycles. The van der Waals surface area contributed by atoms with Gasteiger partial charge in [0.1, 0.15) is 0 Å². The lowest BCUT2D eigenvalue weighted by Crippen LogP contribution is -2.65.